The zero-order valence-corrected chi connectivity index (χ0v) is 15.1. The van der Waals surface area contributed by atoms with E-state index in [1.807, 2.05) is 48.2 Å². The Bertz CT molecular complexity index is 1050. The van der Waals surface area contributed by atoms with Gasteiger partial charge in [0.1, 0.15) is 5.69 Å². The molecule has 7 heteroatoms. The summed E-state index contributed by atoms with van der Waals surface area (Å²) in [6.07, 6.45) is 1.59. The second kappa shape index (κ2) is 6.61. The molecule has 0 saturated carbocycles. The molecule has 0 aliphatic carbocycles. The van der Waals surface area contributed by atoms with E-state index in [-0.39, 0.29) is 5.91 Å². The van der Waals surface area contributed by atoms with Gasteiger partial charge in [0.25, 0.3) is 5.91 Å². The molecule has 4 aromatic rings. The Balaban J connectivity index is 1.49. The van der Waals surface area contributed by atoms with E-state index in [0.29, 0.717) is 22.1 Å². The van der Waals surface area contributed by atoms with Gasteiger partial charge in [-0.2, -0.15) is 5.10 Å². The second-order valence-corrected chi connectivity index (χ2v) is 6.71. The molecule has 1 amide bonds. The van der Waals surface area contributed by atoms with Crippen molar-refractivity contribution in [3.8, 4) is 17.1 Å². The minimum absolute atomic E-state index is 0.203. The summed E-state index contributed by atoms with van der Waals surface area (Å²) in [5.74, 6) is 0.473. The maximum atomic E-state index is 12.4. The number of hydrogen-bond acceptors (Lipinski definition) is 5. The van der Waals surface area contributed by atoms with Crippen molar-refractivity contribution in [1.29, 1.82) is 0 Å². The minimum atomic E-state index is -0.203. The predicted molar refractivity (Wildman–Crippen MR) is 101 cm³/mol. The Kier molecular flexibility index (Phi) is 4.14. The van der Waals surface area contributed by atoms with Crippen molar-refractivity contribution >= 4 is 22.4 Å². The number of nitrogens with zero attached hydrogens (tertiary/aromatic N) is 3. The number of aromatic nitrogens is 3. The summed E-state index contributed by atoms with van der Waals surface area (Å²) in [6, 6.07) is 13.0. The number of nitrogens with one attached hydrogen (secondary N) is 1. The van der Waals surface area contributed by atoms with Crippen LogP contribution in [0, 0.1) is 13.8 Å². The third-order valence-electron chi connectivity index (χ3n) is 3.88. The van der Waals surface area contributed by atoms with Gasteiger partial charge in [-0.05, 0) is 56.3 Å². The SMILES string of the molecule is Cc1cc(C)n(-c2ccc(C(=O)Nc3nc(-c4ccco4)cs3)cc2)n1. The Morgan fingerprint density at radius 3 is 2.65 bits per heavy atom. The summed E-state index contributed by atoms with van der Waals surface area (Å²) >= 11 is 1.36. The molecule has 26 heavy (non-hydrogen) atoms. The number of hydrogen-bond donors (Lipinski definition) is 1. The summed E-state index contributed by atoms with van der Waals surface area (Å²) in [6.45, 7) is 3.95. The number of furan rings is 1. The van der Waals surface area contributed by atoms with Crippen LogP contribution in [0.4, 0.5) is 5.13 Å². The van der Waals surface area contributed by atoms with E-state index in [4.69, 9.17) is 4.42 Å². The molecule has 0 atom stereocenters. The number of amides is 1. The lowest BCUT2D eigenvalue weighted by molar-refractivity contribution is 0.102. The van der Waals surface area contributed by atoms with E-state index >= 15 is 0 Å². The van der Waals surface area contributed by atoms with Crippen LogP contribution in [0.25, 0.3) is 17.1 Å². The predicted octanol–water partition coefficient (Wildman–Crippen LogP) is 4.46. The van der Waals surface area contributed by atoms with E-state index in [1.165, 1.54) is 11.3 Å². The molecule has 0 aliphatic heterocycles. The van der Waals surface area contributed by atoms with E-state index in [1.54, 1.807) is 24.5 Å². The molecule has 1 N–H and O–H groups in total. The van der Waals surface area contributed by atoms with Crippen LogP contribution in [0.15, 0.2) is 58.5 Å². The topological polar surface area (TPSA) is 73.0 Å². The number of carbonyl (C=O) groups excluding carboxylic acids is 1. The molecule has 3 heterocycles. The van der Waals surface area contributed by atoms with Crippen LogP contribution >= 0.6 is 11.3 Å². The smallest absolute Gasteiger partial charge is 0.257 e. The average Bonchev–Trinajstić information content (AvgIpc) is 3.36. The van der Waals surface area contributed by atoms with Crippen LogP contribution in [0.5, 0.6) is 0 Å². The molecule has 0 aliphatic rings. The van der Waals surface area contributed by atoms with Gasteiger partial charge in [0.2, 0.25) is 0 Å². The number of benzene rings is 1. The Morgan fingerprint density at radius 2 is 2.00 bits per heavy atom. The lowest BCUT2D eigenvalue weighted by atomic mass is 10.2. The van der Waals surface area contributed by atoms with Crippen LogP contribution < -0.4 is 5.32 Å². The minimum Gasteiger partial charge on any atom is -0.463 e. The molecular weight excluding hydrogens is 348 g/mol. The van der Waals surface area contributed by atoms with Gasteiger partial charge in [-0.25, -0.2) is 9.67 Å². The standard InChI is InChI=1S/C19H16N4O2S/c1-12-10-13(2)23(22-12)15-7-5-14(6-8-15)18(24)21-19-20-16(11-26-19)17-4-3-9-25-17/h3-11H,1-2H3,(H,20,21,24). The third-order valence-corrected chi connectivity index (χ3v) is 4.64. The van der Waals surface area contributed by atoms with Gasteiger partial charge in [-0.1, -0.05) is 0 Å². The fraction of sp³-hybridized carbons (Fsp3) is 0.105. The largest absolute Gasteiger partial charge is 0.463 e. The molecule has 4 rings (SSSR count). The summed E-state index contributed by atoms with van der Waals surface area (Å²) in [5, 5.41) is 9.65. The van der Waals surface area contributed by atoms with Gasteiger partial charge in [0.05, 0.1) is 17.6 Å². The van der Waals surface area contributed by atoms with Gasteiger partial charge in [0, 0.05) is 16.6 Å². The molecule has 1 aromatic carbocycles. The van der Waals surface area contributed by atoms with E-state index < -0.39 is 0 Å². The highest BCUT2D eigenvalue weighted by Crippen LogP contribution is 2.25. The average molecular weight is 364 g/mol. The van der Waals surface area contributed by atoms with Gasteiger partial charge in [0.15, 0.2) is 10.9 Å². The first kappa shape index (κ1) is 16.3. The quantitative estimate of drug-likeness (QED) is 0.580. The van der Waals surface area contributed by atoms with Crippen molar-refractivity contribution in [2.75, 3.05) is 5.32 Å². The van der Waals surface area contributed by atoms with Crippen molar-refractivity contribution < 1.29 is 9.21 Å². The Labute approximate surface area is 154 Å². The molecule has 0 bridgehead atoms. The van der Waals surface area contributed by atoms with Gasteiger partial charge in [-0.3, -0.25) is 10.1 Å². The van der Waals surface area contributed by atoms with Crippen LogP contribution in [0.2, 0.25) is 0 Å². The Morgan fingerprint density at radius 1 is 1.19 bits per heavy atom. The normalized spacial score (nSPS) is 10.8. The van der Waals surface area contributed by atoms with Gasteiger partial charge in [-0.15, -0.1) is 11.3 Å². The first-order chi connectivity index (χ1) is 12.6. The lowest BCUT2D eigenvalue weighted by Gasteiger charge is -2.06. The van der Waals surface area contributed by atoms with Gasteiger partial charge >= 0.3 is 0 Å². The fourth-order valence-corrected chi connectivity index (χ4v) is 3.38. The van der Waals surface area contributed by atoms with Crippen LogP contribution in [0.1, 0.15) is 21.7 Å². The molecule has 0 spiro atoms. The molecule has 130 valence electrons. The third kappa shape index (κ3) is 3.16. The number of rotatable bonds is 4. The first-order valence-corrected chi connectivity index (χ1v) is 8.92. The summed E-state index contributed by atoms with van der Waals surface area (Å²) in [4.78, 5) is 16.8. The highest BCUT2D eigenvalue weighted by atomic mass is 32.1. The molecule has 0 radical (unpaired) electrons. The van der Waals surface area contributed by atoms with Crippen LogP contribution in [-0.4, -0.2) is 20.7 Å². The first-order valence-electron chi connectivity index (χ1n) is 8.04. The van der Waals surface area contributed by atoms with Crippen LogP contribution in [-0.2, 0) is 0 Å². The summed E-state index contributed by atoms with van der Waals surface area (Å²) in [5.41, 5.74) is 4.19. The number of aryl methyl sites for hydroxylation is 2. The summed E-state index contributed by atoms with van der Waals surface area (Å²) in [7, 11) is 0. The van der Waals surface area contributed by atoms with Crippen LogP contribution in [0.3, 0.4) is 0 Å². The molecule has 0 saturated heterocycles. The van der Waals surface area contributed by atoms with E-state index in [0.717, 1.165) is 17.1 Å². The van der Waals surface area contributed by atoms with Crippen molar-refractivity contribution in [3.05, 3.63) is 71.1 Å². The van der Waals surface area contributed by atoms with Crippen molar-refractivity contribution in [1.82, 2.24) is 14.8 Å². The fourth-order valence-electron chi connectivity index (χ4n) is 2.68. The highest BCUT2D eigenvalue weighted by Gasteiger charge is 2.12. The van der Waals surface area contributed by atoms with Gasteiger partial charge < -0.3 is 4.42 Å². The number of thiazole rings is 1. The lowest BCUT2D eigenvalue weighted by Crippen LogP contribution is -2.12. The highest BCUT2D eigenvalue weighted by molar-refractivity contribution is 7.14. The van der Waals surface area contributed by atoms with E-state index in [9.17, 15) is 4.79 Å². The molecule has 0 unspecified atom stereocenters. The van der Waals surface area contributed by atoms with Crippen molar-refractivity contribution in [2.24, 2.45) is 0 Å². The zero-order chi connectivity index (χ0) is 18.1. The Hall–Kier alpha value is -3.19. The maximum Gasteiger partial charge on any atom is 0.257 e. The van der Waals surface area contributed by atoms with E-state index in [2.05, 4.69) is 15.4 Å². The van der Waals surface area contributed by atoms with Crippen molar-refractivity contribution in [3.63, 3.8) is 0 Å². The second-order valence-electron chi connectivity index (χ2n) is 5.86. The monoisotopic (exact) mass is 364 g/mol. The molecule has 6 nitrogen and oxygen atoms in total. The summed E-state index contributed by atoms with van der Waals surface area (Å²) < 4.78 is 7.17. The zero-order valence-electron chi connectivity index (χ0n) is 14.3. The molecule has 0 fully saturated rings. The molecule has 3 aromatic heterocycles. The number of anilines is 1. The maximum absolute atomic E-state index is 12.4. The number of carbonyl (C=O) groups is 1. The van der Waals surface area contributed by atoms with Crippen molar-refractivity contribution in [2.45, 2.75) is 13.8 Å². The molecular formula is C19H16N4O2S.